The third-order valence-electron chi connectivity index (χ3n) is 3.50. The number of fused-ring (bicyclic) bond motifs is 1. The zero-order chi connectivity index (χ0) is 17.1. The number of nitrogens with zero attached hydrogens (tertiary/aromatic N) is 2. The lowest BCUT2D eigenvalue weighted by molar-refractivity contribution is 0.0722. The molecule has 0 N–H and O–H groups in total. The zero-order valence-corrected chi connectivity index (χ0v) is 13.4. The van der Waals surface area contributed by atoms with Gasteiger partial charge in [0.1, 0.15) is 0 Å². The molecule has 0 amide bonds. The maximum absolute atomic E-state index is 12.6. The quantitative estimate of drug-likeness (QED) is 0.545. The Hall–Kier alpha value is -3.15. The average molecular weight is 324 g/mol. The third kappa shape index (κ3) is 2.86. The van der Waals surface area contributed by atoms with E-state index in [1.807, 2.05) is 6.92 Å². The largest absolute Gasteiger partial charge is 0.490 e. The standard InChI is InChI=1S/C18H16N2O4/c1-3-23-14-10-6-7-11-15(14)24-18(22)16-12-8-4-5-9-13(12)17(21)20(2)19-16/h4-11H,3H2,1-2H3. The van der Waals surface area contributed by atoms with Crippen molar-refractivity contribution in [2.75, 3.05) is 6.61 Å². The van der Waals surface area contributed by atoms with Gasteiger partial charge in [0.2, 0.25) is 0 Å². The molecule has 0 radical (unpaired) electrons. The van der Waals surface area contributed by atoms with Crippen molar-refractivity contribution < 1.29 is 14.3 Å². The monoisotopic (exact) mass is 324 g/mol. The van der Waals surface area contributed by atoms with Crippen molar-refractivity contribution in [3.05, 3.63) is 64.6 Å². The molecule has 0 aliphatic heterocycles. The van der Waals surface area contributed by atoms with Gasteiger partial charge in [-0.2, -0.15) is 5.10 Å². The summed E-state index contributed by atoms with van der Waals surface area (Å²) in [5, 5.41) is 4.94. The van der Waals surface area contributed by atoms with Crippen LogP contribution in [0.1, 0.15) is 17.4 Å². The molecule has 0 atom stereocenters. The fourth-order valence-corrected chi connectivity index (χ4v) is 2.41. The first kappa shape index (κ1) is 15.7. The number of aromatic nitrogens is 2. The fourth-order valence-electron chi connectivity index (χ4n) is 2.41. The molecule has 122 valence electrons. The van der Waals surface area contributed by atoms with Gasteiger partial charge < -0.3 is 9.47 Å². The first-order valence-electron chi connectivity index (χ1n) is 7.52. The Bertz CT molecular complexity index is 963. The highest BCUT2D eigenvalue weighted by molar-refractivity contribution is 6.03. The molecule has 0 unspecified atom stereocenters. The van der Waals surface area contributed by atoms with Crippen LogP contribution in [-0.4, -0.2) is 22.4 Å². The normalized spacial score (nSPS) is 10.6. The number of ether oxygens (including phenoxy) is 2. The summed E-state index contributed by atoms with van der Waals surface area (Å²) >= 11 is 0. The first-order valence-corrected chi connectivity index (χ1v) is 7.52. The number of hydrogen-bond acceptors (Lipinski definition) is 5. The lowest BCUT2D eigenvalue weighted by Crippen LogP contribution is -2.24. The highest BCUT2D eigenvalue weighted by atomic mass is 16.6. The van der Waals surface area contributed by atoms with Crippen LogP contribution < -0.4 is 15.0 Å². The van der Waals surface area contributed by atoms with E-state index < -0.39 is 5.97 Å². The minimum Gasteiger partial charge on any atom is -0.490 e. The Morgan fingerprint density at radius 2 is 1.67 bits per heavy atom. The molecule has 6 nitrogen and oxygen atoms in total. The lowest BCUT2D eigenvalue weighted by Gasteiger charge is -2.11. The van der Waals surface area contributed by atoms with Gasteiger partial charge in [-0.1, -0.05) is 30.3 Å². The van der Waals surface area contributed by atoms with Crippen molar-refractivity contribution >= 4 is 16.7 Å². The summed E-state index contributed by atoms with van der Waals surface area (Å²) < 4.78 is 12.0. The predicted molar refractivity (Wildman–Crippen MR) is 89.6 cm³/mol. The molecule has 3 rings (SSSR count). The maximum Gasteiger partial charge on any atom is 0.364 e. The SMILES string of the molecule is CCOc1ccccc1OC(=O)c1nn(C)c(=O)c2ccccc12. The number of esters is 1. The van der Waals surface area contributed by atoms with Gasteiger partial charge in [-0.15, -0.1) is 0 Å². The molecule has 24 heavy (non-hydrogen) atoms. The Morgan fingerprint density at radius 1 is 1.04 bits per heavy atom. The van der Waals surface area contributed by atoms with Gasteiger partial charge in [-0.25, -0.2) is 9.48 Å². The van der Waals surface area contributed by atoms with Gasteiger partial charge in [0, 0.05) is 12.4 Å². The first-order chi connectivity index (χ1) is 11.6. The number of para-hydroxylation sites is 2. The number of carbonyl (C=O) groups is 1. The number of rotatable bonds is 4. The molecular weight excluding hydrogens is 308 g/mol. The molecule has 1 heterocycles. The molecule has 3 aromatic rings. The van der Waals surface area contributed by atoms with Crippen LogP contribution in [0.3, 0.4) is 0 Å². The minimum absolute atomic E-state index is 0.0824. The molecule has 0 saturated heterocycles. The molecule has 1 aromatic heterocycles. The second kappa shape index (κ2) is 6.54. The Kier molecular flexibility index (Phi) is 4.29. The third-order valence-corrected chi connectivity index (χ3v) is 3.50. The second-order valence-electron chi connectivity index (χ2n) is 5.09. The maximum atomic E-state index is 12.6. The summed E-state index contributed by atoms with van der Waals surface area (Å²) in [7, 11) is 1.50. The van der Waals surface area contributed by atoms with Crippen molar-refractivity contribution in [2.45, 2.75) is 6.92 Å². The van der Waals surface area contributed by atoms with E-state index in [1.165, 1.54) is 7.05 Å². The molecule has 0 bridgehead atoms. The molecule has 2 aromatic carbocycles. The van der Waals surface area contributed by atoms with Crippen molar-refractivity contribution in [3.63, 3.8) is 0 Å². The number of aryl methyl sites for hydroxylation is 1. The van der Waals surface area contributed by atoms with Crippen molar-refractivity contribution in [1.29, 1.82) is 0 Å². The highest BCUT2D eigenvalue weighted by Gasteiger charge is 2.19. The van der Waals surface area contributed by atoms with Gasteiger partial charge in [0.05, 0.1) is 12.0 Å². The van der Waals surface area contributed by atoms with Crippen LogP contribution >= 0.6 is 0 Å². The molecule has 0 fully saturated rings. The van der Waals surface area contributed by atoms with Crippen LogP contribution in [0.15, 0.2) is 53.3 Å². The summed E-state index contributed by atoms with van der Waals surface area (Å²) in [6.07, 6.45) is 0. The van der Waals surface area contributed by atoms with Crippen LogP contribution in [0.2, 0.25) is 0 Å². The molecule has 0 saturated carbocycles. The molecule has 0 aliphatic carbocycles. The molecular formula is C18H16N2O4. The summed E-state index contributed by atoms with van der Waals surface area (Å²) in [5.41, 5.74) is -0.184. The Labute approximate surface area is 138 Å². The summed E-state index contributed by atoms with van der Waals surface area (Å²) in [6, 6.07) is 13.7. The smallest absolute Gasteiger partial charge is 0.364 e. The highest BCUT2D eigenvalue weighted by Crippen LogP contribution is 2.27. The number of benzene rings is 2. The van der Waals surface area contributed by atoms with Crippen LogP contribution in [0.5, 0.6) is 11.5 Å². The van der Waals surface area contributed by atoms with E-state index in [4.69, 9.17) is 9.47 Å². The fraction of sp³-hybridized carbons (Fsp3) is 0.167. The van der Waals surface area contributed by atoms with E-state index in [-0.39, 0.29) is 11.3 Å². The summed E-state index contributed by atoms with van der Waals surface area (Å²) in [4.78, 5) is 24.7. The van der Waals surface area contributed by atoms with E-state index in [0.717, 1.165) is 4.68 Å². The summed E-state index contributed by atoms with van der Waals surface area (Å²) in [6.45, 7) is 2.30. The molecule has 6 heteroatoms. The van der Waals surface area contributed by atoms with Crippen molar-refractivity contribution in [3.8, 4) is 11.5 Å². The van der Waals surface area contributed by atoms with Gasteiger partial charge in [0.15, 0.2) is 17.2 Å². The van der Waals surface area contributed by atoms with E-state index in [2.05, 4.69) is 5.10 Å². The van der Waals surface area contributed by atoms with Gasteiger partial charge >= 0.3 is 5.97 Å². The van der Waals surface area contributed by atoms with Gasteiger partial charge in [-0.05, 0) is 25.1 Å². The van der Waals surface area contributed by atoms with E-state index >= 15 is 0 Å². The molecule has 0 spiro atoms. The van der Waals surface area contributed by atoms with E-state index in [0.29, 0.717) is 28.9 Å². The minimum atomic E-state index is -0.644. The topological polar surface area (TPSA) is 70.4 Å². The number of hydrogen-bond donors (Lipinski definition) is 0. The molecule has 0 aliphatic rings. The van der Waals surface area contributed by atoms with Crippen LogP contribution in [0.25, 0.3) is 10.8 Å². The van der Waals surface area contributed by atoms with Crippen LogP contribution in [0.4, 0.5) is 0 Å². The van der Waals surface area contributed by atoms with Crippen molar-refractivity contribution in [1.82, 2.24) is 9.78 Å². The van der Waals surface area contributed by atoms with Crippen LogP contribution in [-0.2, 0) is 7.05 Å². The van der Waals surface area contributed by atoms with E-state index in [9.17, 15) is 9.59 Å². The predicted octanol–water partition coefficient (Wildman–Crippen LogP) is 2.55. The zero-order valence-electron chi connectivity index (χ0n) is 13.4. The summed E-state index contributed by atoms with van der Waals surface area (Å²) in [5.74, 6) is 0.139. The average Bonchev–Trinajstić information content (AvgIpc) is 2.60. The van der Waals surface area contributed by atoms with Gasteiger partial charge in [0.25, 0.3) is 5.56 Å². The van der Waals surface area contributed by atoms with Gasteiger partial charge in [-0.3, -0.25) is 4.79 Å². The van der Waals surface area contributed by atoms with Crippen LogP contribution in [0, 0.1) is 0 Å². The van der Waals surface area contributed by atoms with Crippen molar-refractivity contribution in [2.24, 2.45) is 7.05 Å². The second-order valence-corrected chi connectivity index (χ2v) is 5.09. The Balaban J connectivity index is 2.04. The van der Waals surface area contributed by atoms with E-state index in [1.54, 1.807) is 48.5 Å². The number of carbonyl (C=O) groups excluding carboxylic acids is 1. The lowest BCUT2D eigenvalue weighted by atomic mass is 10.1. The Morgan fingerprint density at radius 3 is 2.38 bits per heavy atom.